The van der Waals surface area contributed by atoms with Gasteiger partial charge in [-0.05, 0) is 18.2 Å². The molecule has 3 N–H and O–H groups in total. The van der Waals surface area contributed by atoms with E-state index in [4.69, 9.17) is 18.0 Å². The summed E-state index contributed by atoms with van der Waals surface area (Å²) < 4.78 is 41.0. The molecule has 5 nitrogen and oxygen atoms in total. The van der Waals surface area contributed by atoms with Crippen LogP contribution in [0.5, 0.6) is 5.75 Å². The number of nitrogens with zero attached hydrogens (tertiary/aromatic N) is 2. The van der Waals surface area contributed by atoms with Gasteiger partial charge in [0.15, 0.2) is 11.6 Å². The zero-order chi connectivity index (χ0) is 15.5. The highest BCUT2D eigenvalue weighted by Crippen LogP contribution is 2.32. The molecule has 1 aromatic carbocycles. The van der Waals surface area contributed by atoms with Crippen molar-refractivity contribution in [1.29, 1.82) is 0 Å². The van der Waals surface area contributed by atoms with Crippen LogP contribution in [0.25, 0.3) is 0 Å². The minimum Gasteiger partial charge on any atom is -0.404 e. The zero-order valence-electron chi connectivity index (χ0n) is 10.4. The first kappa shape index (κ1) is 15.0. The molecule has 0 bridgehead atoms. The van der Waals surface area contributed by atoms with Crippen molar-refractivity contribution in [3.63, 3.8) is 0 Å². The van der Waals surface area contributed by atoms with E-state index in [1.54, 1.807) is 6.07 Å². The van der Waals surface area contributed by atoms with Gasteiger partial charge in [-0.1, -0.05) is 24.4 Å². The van der Waals surface area contributed by atoms with E-state index in [2.05, 4.69) is 20.3 Å². The van der Waals surface area contributed by atoms with Crippen LogP contribution < -0.4 is 15.8 Å². The molecule has 2 rings (SSSR count). The van der Waals surface area contributed by atoms with Crippen LogP contribution in [0.1, 0.15) is 5.56 Å². The molecule has 9 heteroatoms. The molecule has 21 heavy (non-hydrogen) atoms. The first-order valence-electron chi connectivity index (χ1n) is 5.60. The van der Waals surface area contributed by atoms with E-state index in [-0.39, 0.29) is 16.5 Å². The van der Waals surface area contributed by atoms with Crippen LogP contribution in [0.15, 0.2) is 36.5 Å². The molecule has 0 aliphatic heterocycles. The number of nitrogens with one attached hydrogen (secondary N) is 1. The van der Waals surface area contributed by atoms with Crippen LogP contribution >= 0.6 is 12.2 Å². The summed E-state index contributed by atoms with van der Waals surface area (Å²) in [4.78, 5) is 0.0432. The van der Waals surface area contributed by atoms with Gasteiger partial charge in [0.05, 0.1) is 17.4 Å². The van der Waals surface area contributed by atoms with Crippen molar-refractivity contribution in [1.82, 2.24) is 10.2 Å². The molecular formula is C12H9F3N4OS. The maximum absolute atomic E-state index is 12.3. The molecule has 0 saturated heterocycles. The van der Waals surface area contributed by atoms with Crippen molar-refractivity contribution < 1.29 is 17.9 Å². The Kier molecular flexibility index (Phi) is 4.22. The molecule has 0 unspecified atom stereocenters. The van der Waals surface area contributed by atoms with Crippen LogP contribution in [0.2, 0.25) is 0 Å². The van der Waals surface area contributed by atoms with Crippen LogP contribution in [0, 0.1) is 0 Å². The monoisotopic (exact) mass is 314 g/mol. The number of anilines is 2. The largest absolute Gasteiger partial charge is 0.573 e. The Bertz CT molecular complexity index is 663. The minimum atomic E-state index is -4.80. The van der Waals surface area contributed by atoms with Gasteiger partial charge in [-0.25, -0.2) is 0 Å². The van der Waals surface area contributed by atoms with Crippen molar-refractivity contribution in [3.05, 3.63) is 42.1 Å². The van der Waals surface area contributed by atoms with Gasteiger partial charge in [-0.2, -0.15) is 5.10 Å². The van der Waals surface area contributed by atoms with Crippen molar-refractivity contribution >= 4 is 28.7 Å². The molecule has 0 amide bonds. The Morgan fingerprint density at radius 1 is 1.24 bits per heavy atom. The molecule has 0 radical (unpaired) electrons. The molecule has 0 atom stereocenters. The Morgan fingerprint density at radius 3 is 2.62 bits per heavy atom. The van der Waals surface area contributed by atoms with E-state index in [0.29, 0.717) is 5.56 Å². The first-order chi connectivity index (χ1) is 9.87. The first-order valence-corrected chi connectivity index (χ1v) is 6.01. The van der Waals surface area contributed by atoms with E-state index in [1.807, 2.05) is 0 Å². The van der Waals surface area contributed by atoms with E-state index in [0.717, 1.165) is 0 Å². The maximum Gasteiger partial charge on any atom is 0.573 e. The fourth-order valence-electron chi connectivity index (χ4n) is 1.53. The standard InChI is InChI=1S/C12H9F3N4OS/c13-12(14,15)20-9-4-2-1-3-8(9)18-11-7(10(16)21)5-6-17-19-11/h1-6H,(H2,16,21)(H,18,19). The average Bonchev–Trinajstić information content (AvgIpc) is 2.40. The van der Waals surface area contributed by atoms with Gasteiger partial charge in [-0.15, -0.1) is 18.3 Å². The summed E-state index contributed by atoms with van der Waals surface area (Å²) in [6.07, 6.45) is -3.43. The van der Waals surface area contributed by atoms with Gasteiger partial charge in [0, 0.05) is 0 Å². The van der Waals surface area contributed by atoms with Crippen molar-refractivity contribution in [2.45, 2.75) is 6.36 Å². The van der Waals surface area contributed by atoms with E-state index >= 15 is 0 Å². The average molecular weight is 314 g/mol. The molecular weight excluding hydrogens is 305 g/mol. The molecule has 1 aromatic heterocycles. The topological polar surface area (TPSA) is 73.1 Å². The van der Waals surface area contributed by atoms with Crippen LogP contribution in [0.4, 0.5) is 24.7 Å². The Labute approximate surface area is 122 Å². The Morgan fingerprint density at radius 2 is 1.95 bits per heavy atom. The smallest absolute Gasteiger partial charge is 0.404 e. The van der Waals surface area contributed by atoms with Gasteiger partial charge >= 0.3 is 6.36 Å². The molecule has 1 heterocycles. The minimum absolute atomic E-state index is 0.0432. The van der Waals surface area contributed by atoms with Crippen molar-refractivity contribution in [2.24, 2.45) is 5.73 Å². The van der Waals surface area contributed by atoms with E-state index < -0.39 is 12.1 Å². The predicted octanol–water partition coefficient (Wildman–Crippen LogP) is 2.75. The Hall–Kier alpha value is -2.42. The van der Waals surface area contributed by atoms with Crippen molar-refractivity contribution in [3.8, 4) is 5.75 Å². The van der Waals surface area contributed by atoms with Gasteiger partial charge in [-0.3, -0.25) is 0 Å². The van der Waals surface area contributed by atoms with Crippen LogP contribution in [-0.2, 0) is 0 Å². The highest BCUT2D eigenvalue weighted by molar-refractivity contribution is 7.80. The lowest BCUT2D eigenvalue weighted by atomic mass is 10.2. The van der Waals surface area contributed by atoms with Crippen molar-refractivity contribution in [2.75, 3.05) is 5.32 Å². The Balaban J connectivity index is 2.35. The fraction of sp³-hybridized carbons (Fsp3) is 0.0833. The lowest BCUT2D eigenvalue weighted by Crippen LogP contribution is -2.18. The molecule has 0 fully saturated rings. The number of rotatable bonds is 4. The summed E-state index contributed by atoms with van der Waals surface area (Å²) in [7, 11) is 0. The van der Waals surface area contributed by atoms with E-state index in [1.165, 1.54) is 30.5 Å². The lowest BCUT2D eigenvalue weighted by Gasteiger charge is -2.15. The maximum atomic E-state index is 12.3. The third-order valence-electron chi connectivity index (χ3n) is 2.35. The number of halogens is 3. The van der Waals surface area contributed by atoms with Crippen LogP contribution in [-0.4, -0.2) is 21.5 Å². The highest BCUT2D eigenvalue weighted by Gasteiger charge is 2.32. The number of nitrogens with two attached hydrogens (primary N) is 1. The SMILES string of the molecule is NC(=S)c1ccnnc1Nc1ccccc1OC(F)(F)F. The third-order valence-corrected chi connectivity index (χ3v) is 2.57. The summed E-state index contributed by atoms with van der Waals surface area (Å²) in [6, 6.07) is 7.04. The molecule has 0 aliphatic carbocycles. The number of hydrogen-bond donors (Lipinski definition) is 2. The molecule has 110 valence electrons. The summed E-state index contributed by atoms with van der Waals surface area (Å²) >= 11 is 4.85. The normalized spacial score (nSPS) is 11.0. The summed E-state index contributed by atoms with van der Waals surface area (Å²) in [6.45, 7) is 0. The quantitative estimate of drug-likeness (QED) is 0.846. The van der Waals surface area contributed by atoms with Gasteiger partial charge in [0.2, 0.25) is 0 Å². The highest BCUT2D eigenvalue weighted by atomic mass is 32.1. The predicted molar refractivity (Wildman–Crippen MR) is 74.3 cm³/mol. The summed E-state index contributed by atoms with van der Waals surface area (Å²) in [5.41, 5.74) is 5.95. The number of ether oxygens (including phenoxy) is 1. The second-order valence-electron chi connectivity index (χ2n) is 3.83. The lowest BCUT2D eigenvalue weighted by molar-refractivity contribution is -0.274. The number of alkyl halides is 3. The number of benzene rings is 1. The number of aromatic nitrogens is 2. The molecule has 2 aromatic rings. The number of para-hydroxylation sites is 2. The third kappa shape index (κ3) is 4.02. The fourth-order valence-corrected chi connectivity index (χ4v) is 1.70. The molecule has 0 aliphatic rings. The van der Waals surface area contributed by atoms with Gasteiger partial charge in [0.1, 0.15) is 4.99 Å². The number of thiocarbonyl (C=S) groups is 1. The van der Waals surface area contributed by atoms with Gasteiger partial charge in [0.25, 0.3) is 0 Å². The van der Waals surface area contributed by atoms with Crippen LogP contribution in [0.3, 0.4) is 0 Å². The second kappa shape index (κ2) is 5.92. The second-order valence-corrected chi connectivity index (χ2v) is 4.27. The molecule has 0 saturated carbocycles. The number of hydrogen-bond acceptors (Lipinski definition) is 5. The summed E-state index contributed by atoms with van der Waals surface area (Å²) in [5, 5.41) is 10.1. The summed E-state index contributed by atoms with van der Waals surface area (Å²) in [5.74, 6) is -0.257. The van der Waals surface area contributed by atoms with E-state index in [9.17, 15) is 13.2 Å². The zero-order valence-corrected chi connectivity index (χ0v) is 11.2. The molecule has 0 spiro atoms. The van der Waals surface area contributed by atoms with Gasteiger partial charge < -0.3 is 15.8 Å².